The first-order valence-electron chi connectivity index (χ1n) is 11.1. The summed E-state index contributed by atoms with van der Waals surface area (Å²) in [6.45, 7) is 4.86. The number of benzene rings is 1. The van der Waals surface area contributed by atoms with E-state index in [1.54, 1.807) is 19.1 Å². The van der Waals surface area contributed by atoms with Crippen LogP contribution < -0.4 is 15.0 Å². The van der Waals surface area contributed by atoms with E-state index in [4.69, 9.17) is 4.74 Å². The van der Waals surface area contributed by atoms with Crippen molar-refractivity contribution < 1.29 is 21.9 Å². The van der Waals surface area contributed by atoms with Gasteiger partial charge in [-0.2, -0.15) is 19.4 Å². The zero-order chi connectivity index (χ0) is 25.6. The maximum atomic E-state index is 15.1. The number of halogens is 2. The summed E-state index contributed by atoms with van der Waals surface area (Å²) in [5, 5.41) is 10.0. The molecule has 0 unspecified atom stereocenters. The summed E-state index contributed by atoms with van der Waals surface area (Å²) in [6, 6.07) is 5.65. The Morgan fingerprint density at radius 3 is 2.42 bits per heavy atom. The van der Waals surface area contributed by atoms with Crippen LogP contribution in [0.2, 0.25) is 0 Å². The summed E-state index contributed by atoms with van der Waals surface area (Å²) in [5.74, 6) is -0.545. The summed E-state index contributed by atoms with van der Waals surface area (Å²) in [6.07, 6.45) is 1.17. The Kier molecular flexibility index (Phi) is 6.00. The largest absolute Gasteiger partial charge is 0.421 e. The van der Waals surface area contributed by atoms with Crippen molar-refractivity contribution in [2.24, 2.45) is 0 Å². The minimum absolute atomic E-state index is 0.0482. The van der Waals surface area contributed by atoms with Crippen LogP contribution in [0.1, 0.15) is 11.4 Å². The number of fused-ring (bicyclic) bond motifs is 1. The Hall–Kier alpha value is -3.78. The van der Waals surface area contributed by atoms with E-state index in [1.807, 2.05) is 11.8 Å². The van der Waals surface area contributed by atoms with Gasteiger partial charge in [-0.05, 0) is 19.9 Å². The lowest BCUT2D eigenvalue weighted by molar-refractivity contribution is 0.383. The molecule has 190 valence electrons. The molecule has 1 aromatic carbocycles. The molecule has 3 aromatic heterocycles. The lowest BCUT2D eigenvalue weighted by Crippen LogP contribution is -2.48. The second-order valence-electron chi connectivity index (χ2n) is 8.62. The van der Waals surface area contributed by atoms with Crippen molar-refractivity contribution in [3.8, 4) is 11.8 Å². The third kappa shape index (κ3) is 4.81. The smallest absolute Gasteiger partial charge is 0.326 e. The normalized spacial score (nSPS) is 15.0. The van der Waals surface area contributed by atoms with E-state index in [2.05, 4.69) is 30.5 Å². The van der Waals surface area contributed by atoms with Gasteiger partial charge in [0.15, 0.2) is 23.2 Å². The number of aromatic amines is 2. The molecule has 0 spiro atoms. The number of sulfonamides is 1. The van der Waals surface area contributed by atoms with Crippen molar-refractivity contribution in [3.05, 3.63) is 47.3 Å². The maximum absolute atomic E-state index is 15.1. The van der Waals surface area contributed by atoms with Gasteiger partial charge in [-0.25, -0.2) is 17.2 Å². The fourth-order valence-corrected chi connectivity index (χ4v) is 4.88. The fraction of sp³-hybridized carbons (Fsp3) is 0.318. The summed E-state index contributed by atoms with van der Waals surface area (Å²) < 4.78 is 60.5. The first kappa shape index (κ1) is 23.9. The molecule has 14 heteroatoms. The van der Waals surface area contributed by atoms with Crippen LogP contribution in [0, 0.1) is 25.5 Å². The summed E-state index contributed by atoms with van der Waals surface area (Å²) >= 11 is 0. The second kappa shape index (κ2) is 9.02. The number of rotatable bonds is 6. The number of hydrogen-bond donors (Lipinski definition) is 3. The number of piperazine rings is 1. The molecule has 0 bridgehead atoms. The first-order chi connectivity index (χ1) is 17.1. The van der Waals surface area contributed by atoms with E-state index in [0.29, 0.717) is 36.2 Å². The molecule has 0 amide bonds. The number of H-pyrrole nitrogens is 2. The van der Waals surface area contributed by atoms with Gasteiger partial charge in [0.2, 0.25) is 10.0 Å². The van der Waals surface area contributed by atoms with Gasteiger partial charge in [-0.15, -0.1) is 0 Å². The van der Waals surface area contributed by atoms with Crippen LogP contribution in [-0.2, 0) is 10.0 Å². The Bertz CT molecular complexity index is 1540. The molecule has 0 saturated carbocycles. The molecule has 0 aliphatic carbocycles. The predicted octanol–water partition coefficient (Wildman–Crippen LogP) is 3.19. The molecule has 0 radical (unpaired) electrons. The van der Waals surface area contributed by atoms with Crippen LogP contribution in [0.4, 0.5) is 26.2 Å². The number of aromatic nitrogens is 5. The monoisotopic (exact) mass is 518 g/mol. The van der Waals surface area contributed by atoms with Crippen LogP contribution in [-0.4, -0.2) is 70.3 Å². The van der Waals surface area contributed by atoms with E-state index >= 15 is 4.39 Å². The molecule has 1 aliphatic rings. The SMILES string of the molecule is Cc1cc(Nc2cc(N3CCN(S(C)(=O)=O)CC3)nc(Oc3cc(F)c4[nH]c(C)cc4c3F)n2)n[nH]1. The third-order valence-corrected chi connectivity index (χ3v) is 7.09. The van der Waals surface area contributed by atoms with Gasteiger partial charge in [-0.1, -0.05) is 0 Å². The summed E-state index contributed by atoms with van der Waals surface area (Å²) in [4.78, 5) is 13.4. The van der Waals surface area contributed by atoms with Gasteiger partial charge < -0.3 is 19.9 Å². The average molecular weight is 519 g/mol. The molecule has 5 rings (SSSR count). The van der Waals surface area contributed by atoms with Crippen LogP contribution >= 0.6 is 0 Å². The zero-order valence-electron chi connectivity index (χ0n) is 19.8. The van der Waals surface area contributed by atoms with Gasteiger partial charge >= 0.3 is 6.01 Å². The molecule has 0 atom stereocenters. The lowest BCUT2D eigenvalue weighted by Gasteiger charge is -2.34. The van der Waals surface area contributed by atoms with Gasteiger partial charge in [0.05, 0.1) is 11.8 Å². The highest BCUT2D eigenvalue weighted by Gasteiger charge is 2.25. The molecule has 4 aromatic rings. The van der Waals surface area contributed by atoms with E-state index in [1.165, 1.54) is 16.6 Å². The number of nitrogens with one attached hydrogen (secondary N) is 3. The van der Waals surface area contributed by atoms with Gasteiger partial charge in [0, 0.05) is 61.2 Å². The molecule has 1 aliphatic heterocycles. The second-order valence-corrected chi connectivity index (χ2v) is 10.6. The molecule has 11 nitrogen and oxygen atoms in total. The summed E-state index contributed by atoms with van der Waals surface area (Å²) in [5.41, 5.74) is 1.48. The molecular weight excluding hydrogens is 494 g/mol. The number of aryl methyl sites for hydroxylation is 2. The highest BCUT2D eigenvalue weighted by molar-refractivity contribution is 7.88. The average Bonchev–Trinajstić information content (AvgIpc) is 3.42. The molecule has 1 saturated heterocycles. The van der Waals surface area contributed by atoms with Crippen molar-refractivity contribution in [2.45, 2.75) is 13.8 Å². The lowest BCUT2D eigenvalue weighted by atomic mass is 10.2. The quantitative estimate of drug-likeness (QED) is 0.355. The Labute approximate surface area is 205 Å². The van der Waals surface area contributed by atoms with Crippen molar-refractivity contribution in [2.75, 3.05) is 42.7 Å². The minimum Gasteiger partial charge on any atom is -0.421 e. The Morgan fingerprint density at radius 2 is 1.75 bits per heavy atom. The molecule has 3 N–H and O–H groups in total. The van der Waals surface area contributed by atoms with Crippen LogP contribution in [0.15, 0.2) is 24.3 Å². The van der Waals surface area contributed by atoms with Crippen LogP contribution in [0.5, 0.6) is 11.8 Å². The van der Waals surface area contributed by atoms with E-state index < -0.39 is 21.7 Å². The number of anilines is 3. The third-order valence-electron chi connectivity index (χ3n) is 5.79. The Morgan fingerprint density at radius 1 is 1.00 bits per heavy atom. The number of hydrogen-bond acceptors (Lipinski definition) is 8. The number of ether oxygens (including phenoxy) is 1. The van der Waals surface area contributed by atoms with Gasteiger partial charge in [0.25, 0.3) is 0 Å². The van der Waals surface area contributed by atoms with E-state index in [0.717, 1.165) is 11.8 Å². The van der Waals surface area contributed by atoms with Crippen molar-refractivity contribution in [3.63, 3.8) is 0 Å². The number of nitrogens with zero attached hydrogens (tertiary/aromatic N) is 5. The zero-order valence-corrected chi connectivity index (χ0v) is 20.6. The topological polar surface area (TPSA) is 132 Å². The Balaban J connectivity index is 1.49. The van der Waals surface area contributed by atoms with Crippen molar-refractivity contribution in [1.29, 1.82) is 0 Å². The minimum atomic E-state index is -3.31. The van der Waals surface area contributed by atoms with Crippen molar-refractivity contribution in [1.82, 2.24) is 29.5 Å². The molecular formula is C22H24F2N8O3S. The molecule has 4 heterocycles. The highest BCUT2D eigenvalue weighted by atomic mass is 32.2. The van der Waals surface area contributed by atoms with Gasteiger partial charge in [-0.3, -0.25) is 5.10 Å². The standard InChI is InChI=1S/C22H24F2N8O3S/c1-12-8-14-20(24)16(10-15(23)21(14)25-12)35-22-27-17(26-18-9-13(2)29-30-18)11-19(28-22)31-4-6-32(7-5-31)36(3,33)34/h8-11,25H,4-7H2,1-3H3,(H2,26,27,28,29,30). The predicted molar refractivity (Wildman–Crippen MR) is 130 cm³/mol. The van der Waals surface area contributed by atoms with Crippen LogP contribution in [0.25, 0.3) is 10.9 Å². The van der Waals surface area contributed by atoms with Gasteiger partial charge in [0.1, 0.15) is 11.6 Å². The van der Waals surface area contributed by atoms with Crippen molar-refractivity contribution >= 4 is 38.4 Å². The summed E-state index contributed by atoms with van der Waals surface area (Å²) in [7, 11) is -3.31. The first-order valence-corrected chi connectivity index (χ1v) is 12.9. The highest BCUT2D eigenvalue weighted by Crippen LogP contribution is 2.33. The van der Waals surface area contributed by atoms with E-state index in [-0.39, 0.29) is 35.8 Å². The van der Waals surface area contributed by atoms with Crippen LogP contribution in [0.3, 0.4) is 0 Å². The molecule has 36 heavy (non-hydrogen) atoms. The fourth-order valence-electron chi connectivity index (χ4n) is 4.05. The molecule has 1 fully saturated rings. The maximum Gasteiger partial charge on any atom is 0.326 e. The van der Waals surface area contributed by atoms with E-state index in [9.17, 15) is 12.8 Å².